The fourth-order valence-corrected chi connectivity index (χ4v) is 2.72. The molecule has 0 aliphatic carbocycles. The molecule has 0 saturated carbocycles. The first-order chi connectivity index (χ1) is 9.08. The lowest BCUT2D eigenvalue weighted by atomic mass is 9.85. The number of hydrogen-bond acceptors (Lipinski definition) is 2. The topological polar surface area (TPSA) is 26.3 Å². The molecule has 1 atom stereocenters. The molecule has 1 aromatic rings. The second-order valence-corrected chi connectivity index (χ2v) is 4.92. The van der Waals surface area contributed by atoms with Crippen LogP contribution in [0.3, 0.4) is 0 Å². The first-order valence-electron chi connectivity index (χ1n) is 7.37. The predicted molar refractivity (Wildman–Crippen MR) is 79.6 cm³/mol. The Labute approximate surface area is 117 Å². The van der Waals surface area contributed by atoms with E-state index < -0.39 is 0 Å². The molecule has 0 N–H and O–H groups in total. The Balaban J connectivity index is 3.32. The number of hydrogen-bond donors (Lipinski definition) is 0. The summed E-state index contributed by atoms with van der Waals surface area (Å²) in [6.07, 6.45) is 2.71. The number of benzene rings is 1. The maximum Gasteiger partial charge on any atom is 0.313 e. The SMILES string of the molecule is CCOC(=O)C(CC)c1c(CC)cc(C)cc1CC. The summed E-state index contributed by atoms with van der Waals surface area (Å²) in [4.78, 5) is 12.2. The van der Waals surface area contributed by atoms with E-state index in [0.29, 0.717) is 6.61 Å². The van der Waals surface area contributed by atoms with E-state index in [0.717, 1.165) is 19.3 Å². The molecule has 19 heavy (non-hydrogen) atoms. The number of aryl methyl sites for hydroxylation is 3. The monoisotopic (exact) mass is 262 g/mol. The lowest BCUT2D eigenvalue weighted by Gasteiger charge is -2.21. The van der Waals surface area contributed by atoms with E-state index in [2.05, 4.69) is 39.8 Å². The van der Waals surface area contributed by atoms with E-state index in [1.807, 2.05) is 6.92 Å². The number of esters is 1. The number of carbonyl (C=O) groups is 1. The normalized spacial score (nSPS) is 12.3. The second kappa shape index (κ2) is 7.32. The third-order valence-corrected chi connectivity index (χ3v) is 3.59. The minimum absolute atomic E-state index is 0.0850. The molecule has 1 unspecified atom stereocenters. The highest BCUT2D eigenvalue weighted by atomic mass is 16.5. The molecule has 0 radical (unpaired) electrons. The van der Waals surface area contributed by atoms with Gasteiger partial charge in [0.25, 0.3) is 0 Å². The first-order valence-corrected chi connectivity index (χ1v) is 7.37. The molecule has 0 aromatic heterocycles. The molecule has 0 saturated heterocycles. The second-order valence-electron chi connectivity index (χ2n) is 4.92. The molecule has 0 spiro atoms. The molecular weight excluding hydrogens is 236 g/mol. The van der Waals surface area contributed by atoms with Gasteiger partial charge in [-0.2, -0.15) is 0 Å². The van der Waals surface area contributed by atoms with E-state index in [1.54, 1.807) is 0 Å². The van der Waals surface area contributed by atoms with Gasteiger partial charge in [-0.25, -0.2) is 0 Å². The number of carbonyl (C=O) groups excluding carboxylic acids is 1. The average molecular weight is 262 g/mol. The van der Waals surface area contributed by atoms with Crippen molar-refractivity contribution >= 4 is 5.97 Å². The predicted octanol–water partition coefficient (Wildman–Crippen LogP) is 4.18. The largest absolute Gasteiger partial charge is 0.466 e. The Morgan fingerprint density at radius 3 is 2.00 bits per heavy atom. The smallest absolute Gasteiger partial charge is 0.313 e. The third-order valence-electron chi connectivity index (χ3n) is 3.59. The highest BCUT2D eigenvalue weighted by Crippen LogP contribution is 2.30. The van der Waals surface area contributed by atoms with Crippen LogP contribution in [0.25, 0.3) is 0 Å². The Hall–Kier alpha value is -1.31. The standard InChI is InChI=1S/C17H26O2/c1-6-13-10-12(5)11-14(7-2)16(13)15(8-3)17(18)19-9-4/h10-11,15H,6-9H2,1-5H3. The van der Waals surface area contributed by atoms with Gasteiger partial charge < -0.3 is 4.74 Å². The lowest BCUT2D eigenvalue weighted by Crippen LogP contribution is -2.18. The Kier molecular flexibility index (Phi) is 6.07. The minimum Gasteiger partial charge on any atom is -0.466 e. The van der Waals surface area contributed by atoms with Crippen LogP contribution in [0, 0.1) is 6.92 Å². The molecule has 0 fully saturated rings. The quantitative estimate of drug-likeness (QED) is 0.719. The molecule has 0 heterocycles. The Bertz CT molecular complexity index is 410. The minimum atomic E-state index is -0.120. The summed E-state index contributed by atoms with van der Waals surface area (Å²) in [7, 11) is 0. The summed E-state index contributed by atoms with van der Waals surface area (Å²) in [6.45, 7) is 10.8. The van der Waals surface area contributed by atoms with E-state index in [1.165, 1.54) is 22.3 Å². The molecule has 2 heteroatoms. The molecule has 1 aromatic carbocycles. The number of rotatable bonds is 6. The van der Waals surface area contributed by atoms with Gasteiger partial charge in [-0.15, -0.1) is 0 Å². The maximum atomic E-state index is 12.2. The number of ether oxygens (including phenoxy) is 1. The zero-order chi connectivity index (χ0) is 14.4. The summed E-state index contributed by atoms with van der Waals surface area (Å²) in [5.74, 6) is -0.205. The Morgan fingerprint density at radius 2 is 1.63 bits per heavy atom. The molecule has 0 aliphatic heterocycles. The fraction of sp³-hybridized carbons (Fsp3) is 0.588. The van der Waals surface area contributed by atoms with Crippen molar-refractivity contribution in [1.82, 2.24) is 0 Å². The molecule has 1 rings (SSSR count). The van der Waals surface area contributed by atoms with Gasteiger partial charge >= 0.3 is 5.97 Å². The summed E-state index contributed by atoms with van der Waals surface area (Å²) >= 11 is 0. The van der Waals surface area contributed by atoms with Crippen molar-refractivity contribution in [2.45, 2.75) is 59.8 Å². The molecule has 0 bridgehead atoms. The van der Waals surface area contributed by atoms with Gasteiger partial charge in [0, 0.05) is 0 Å². The van der Waals surface area contributed by atoms with Crippen molar-refractivity contribution in [1.29, 1.82) is 0 Å². The zero-order valence-corrected chi connectivity index (χ0v) is 12.9. The van der Waals surface area contributed by atoms with E-state index in [4.69, 9.17) is 4.74 Å². The summed E-state index contributed by atoms with van der Waals surface area (Å²) in [5, 5.41) is 0. The van der Waals surface area contributed by atoms with Crippen LogP contribution >= 0.6 is 0 Å². The first kappa shape index (κ1) is 15.7. The van der Waals surface area contributed by atoms with Crippen LogP contribution in [0.1, 0.15) is 62.3 Å². The van der Waals surface area contributed by atoms with Crippen LogP contribution < -0.4 is 0 Å². The van der Waals surface area contributed by atoms with Gasteiger partial charge in [-0.3, -0.25) is 4.79 Å². The lowest BCUT2D eigenvalue weighted by molar-refractivity contribution is -0.145. The van der Waals surface area contributed by atoms with Crippen LogP contribution in [0.5, 0.6) is 0 Å². The van der Waals surface area contributed by atoms with Gasteiger partial charge in [-0.1, -0.05) is 38.5 Å². The van der Waals surface area contributed by atoms with Gasteiger partial charge in [0.2, 0.25) is 0 Å². The van der Waals surface area contributed by atoms with Crippen LogP contribution in [-0.2, 0) is 22.4 Å². The molecule has 0 amide bonds. The van der Waals surface area contributed by atoms with Crippen molar-refractivity contribution in [3.8, 4) is 0 Å². The van der Waals surface area contributed by atoms with E-state index >= 15 is 0 Å². The Morgan fingerprint density at radius 1 is 1.11 bits per heavy atom. The van der Waals surface area contributed by atoms with E-state index in [9.17, 15) is 4.79 Å². The zero-order valence-electron chi connectivity index (χ0n) is 12.9. The molecular formula is C17H26O2. The van der Waals surface area contributed by atoms with Crippen molar-refractivity contribution in [2.75, 3.05) is 6.61 Å². The van der Waals surface area contributed by atoms with Gasteiger partial charge in [-0.05, 0) is 49.8 Å². The summed E-state index contributed by atoms with van der Waals surface area (Å²) in [5.41, 5.74) is 5.06. The van der Waals surface area contributed by atoms with Crippen LogP contribution in [0.2, 0.25) is 0 Å². The highest BCUT2D eigenvalue weighted by Gasteiger charge is 2.24. The highest BCUT2D eigenvalue weighted by molar-refractivity contribution is 5.79. The van der Waals surface area contributed by atoms with Crippen molar-refractivity contribution < 1.29 is 9.53 Å². The maximum absolute atomic E-state index is 12.2. The molecule has 0 aliphatic rings. The summed E-state index contributed by atoms with van der Waals surface area (Å²) in [6, 6.07) is 4.41. The molecule has 106 valence electrons. The molecule has 2 nitrogen and oxygen atoms in total. The van der Waals surface area contributed by atoms with Crippen LogP contribution in [-0.4, -0.2) is 12.6 Å². The van der Waals surface area contributed by atoms with Crippen molar-refractivity contribution in [2.24, 2.45) is 0 Å². The third kappa shape index (κ3) is 3.59. The average Bonchev–Trinajstić information content (AvgIpc) is 2.40. The van der Waals surface area contributed by atoms with Gasteiger partial charge in [0.05, 0.1) is 12.5 Å². The fourth-order valence-electron chi connectivity index (χ4n) is 2.72. The van der Waals surface area contributed by atoms with Gasteiger partial charge in [0.15, 0.2) is 0 Å². The van der Waals surface area contributed by atoms with Crippen LogP contribution in [0.4, 0.5) is 0 Å². The summed E-state index contributed by atoms with van der Waals surface area (Å²) < 4.78 is 5.24. The van der Waals surface area contributed by atoms with Gasteiger partial charge in [0.1, 0.15) is 0 Å². The van der Waals surface area contributed by atoms with Crippen LogP contribution in [0.15, 0.2) is 12.1 Å². The van der Waals surface area contributed by atoms with Crippen molar-refractivity contribution in [3.05, 3.63) is 34.4 Å². The van der Waals surface area contributed by atoms with E-state index in [-0.39, 0.29) is 11.9 Å². The van der Waals surface area contributed by atoms with Crippen molar-refractivity contribution in [3.63, 3.8) is 0 Å².